The first-order chi connectivity index (χ1) is 10.8. The Hall–Kier alpha value is -2.89. The van der Waals surface area contributed by atoms with Gasteiger partial charge in [-0.15, -0.1) is 0 Å². The smallest absolute Gasteiger partial charge is 0.277 e. The van der Waals surface area contributed by atoms with E-state index in [1.54, 1.807) is 0 Å². The highest BCUT2D eigenvalue weighted by molar-refractivity contribution is 7.72. The van der Waals surface area contributed by atoms with Gasteiger partial charge in [0.05, 0.1) is 15.9 Å². The van der Waals surface area contributed by atoms with E-state index in [-0.39, 0.29) is 17.6 Å². The average molecular weight is 339 g/mol. The van der Waals surface area contributed by atoms with Gasteiger partial charge >= 0.3 is 0 Å². The monoisotopic (exact) mass is 339 g/mol. The van der Waals surface area contributed by atoms with Crippen LogP contribution in [0.15, 0.2) is 42.1 Å². The van der Waals surface area contributed by atoms with E-state index in [4.69, 9.17) is 0 Å². The standard InChI is InChI=1S/C12H9N3O7S/c16-13-3-1-2-9(12(13)23(21)22)4-8-5-10(14(17)18)7-11(6-8)15(19)20/h1-3,5-7,13H,4H2. The zero-order valence-electron chi connectivity index (χ0n) is 11.3. The van der Waals surface area contributed by atoms with Crippen LogP contribution in [0.1, 0.15) is 5.56 Å². The summed E-state index contributed by atoms with van der Waals surface area (Å²) in [5.74, 6) is 0. The van der Waals surface area contributed by atoms with Crippen LogP contribution in [-0.4, -0.2) is 23.3 Å². The maximum Gasteiger partial charge on any atom is 0.277 e. The lowest BCUT2D eigenvalue weighted by molar-refractivity contribution is -0.680. The fourth-order valence-corrected chi connectivity index (χ4v) is 2.67. The predicted octanol–water partition coefficient (Wildman–Crippen LogP) is -0.109. The SMILES string of the molecule is O=[N+]([O-])c1cc(CC2=CC=C[NH+]([O-])C2=S(=O)=O)cc([N+](=O)[O-])c1. The van der Waals surface area contributed by atoms with Crippen LogP contribution in [0.2, 0.25) is 0 Å². The van der Waals surface area contributed by atoms with E-state index in [9.17, 15) is 33.9 Å². The Morgan fingerprint density at radius 1 is 1.04 bits per heavy atom. The van der Waals surface area contributed by atoms with Crippen molar-refractivity contribution in [2.24, 2.45) is 0 Å². The zero-order valence-corrected chi connectivity index (χ0v) is 12.1. The number of nitro groups is 2. The molecule has 10 nitrogen and oxygen atoms in total. The molecule has 0 bridgehead atoms. The third kappa shape index (κ3) is 3.66. The first-order valence-corrected chi connectivity index (χ1v) is 7.18. The summed E-state index contributed by atoms with van der Waals surface area (Å²) in [6.45, 7) is 0. The number of non-ortho nitro benzene ring substituents is 2. The lowest BCUT2D eigenvalue weighted by Gasteiger charge is -2.21. The summed E-state index contributed by atoms with van der Waals surface area (Å²) >= 11 is 0. The maximum atomic E-state index is 11.6. The highest BCUT2D eigenvalue weighted by Gasteiger charge is 2.22. The molecule has 2 rings (SSSR count). The van der Waals surface area contributed by atoms with Gasteiger partial charge in [-0.25, -0.2) is 0 Å². The minimum absolute atomic E-state index is 0.112. The van der Waals surface area contributed by atoms with Crippen molar-refractivity contribution in [3.63, 3.8) is 0 Å². The van der Waals surface area contributed by atoms with Crippen molar-refractivity contribution >= 4 is 26.7 Å². The van der Waals surface area contributed by atoms with Crippen LogP contribution in [0.4, 0.5) is 11.4 Å². The van der Waals surface area contributed by atoms with Crippen LogP contribution in [0.3, 0.4) is 0 Å². The number of nitro benzene ring substituents is 2. The van der Waals surface area contributed by atoms with E-state index in [1.807, 2.05) is 0 Å². The molecule has 0 amide bonds. The molecular weight excluding hydrogens is 330 g/mol. The van der Waals surface area contributed by atoms with Crippen LogP contribution < -0.4 is 5.06 Å². The van der Waals surface area contributed by atoms with E-state index >= 15 is 0 Å². The number of rotatable bonds is 4. The molecule has 1 aromatic carbocycles. The molecule has 1 unspecified atom stereocenters. The summed E-state index contributed by atoms with van der Waals surface area (Å²) in [5, 5.41) is 32.6. The van der Waals surface area contributed by atoms with Gasteiger partial charge < -0.3 is 10.3 Å². The Bertz CT molecular complexity index is 846. The third-order valence-corrected chi connectivity index (χ3v) is 3.80. The number of allylic oxidation sites excluding steroid dienone is 2. The van der Waals surface area contributed by atoms with Gasteiger partial charge in [0.1, 0.15) is 6.20 Å². The van der Waals surface area contributed by atoms with Crippen LogP contribution in [0, 0.1) is 25.4 Å². The van der Waals surface area contributed by atoms with Crippen molar-refractivity contribution in [2.75, 3.05) is 0 Å². The van der Waals surface area contributed by atoms with Crippen molar-refractivity contribution in [3.8, 4) is 0 Å². The number of quaternary nitrogens is 1. The fraction of sp³-hybridized carbons (Fsp3) is 0.0833. The Morgan fingerprint density at radius 2 is 1.61 bits per heavy atom. The molecule has 1 aliphatic heterocycles. The Kier molecular flexibility index (Phi) is 4.64. The second kappa shape index (κ2) is 6.48. The lowest BCUT2D eigenvalue weighted by Crippen LogP contribution is -3.06. The summed E-state index contributed by atoms with van der Waals surface area (Å²) < 4.78 is 22.3. The molecule has 1 atom stereocenters. The molecule has 1 heterocycles. The van der Waals surface area contributed by atoms with E-state index in [0.717, 1.165) is 24.4 Å². The molecule has 0 saturated carbocycles. The first-order valence-electron chi connectivity index (χ1n) is 6.10. The Labute approximate surface area is 130 Å². The molecule has 0 fully saturated rings. The minimum atomic E-state index is -2.78. The summed E-state index contributed by atoms with van der Waals surface area (Å²) in [5.41, 5.74) is -0.710. The summed E-state index contributed by atoms with van der Waals surface area (Å²) in [6, 6.07) is 3.00. The number of benzene rings is 1. The van der Waals surface area contributed by atoms with E-state index in [2.05, 4.69) is 0 Å². The van der Waals surface area contributed by atoms with Gasteiger partial charge in [0, 0.05) is 24.1 Å². The summed E-state index contributed by atoms with van der Waals surface area (Å²) in [6.07, 6.45) is 3.63. The van der Waals surface area contributed by atoms with Crippen LogP contribution >= 0.6 is 0 Å². The molecule has 0 aliphatic carbocycles. The van der Waals surface area contributed by atoms with Gasteiger partial charge in [-0.1, -0.05) is 0 Å². The lowest BCUT2D eigenvalue weighted by atomic mass is 10.0. The van der Waals surface area contributed by atoms with Gasteiger partial charge in [0.2, 0.25) is 0 Å². The highest BCUT2D eigenvalue weighted by atomic mass is 32.2. The first kappa shape index (κ1) is 16.5. The second-order valence-corrected chi connectivity index (χ2v) is 5.41. The normalized spacial score (nSPS) is 16.8. The molecule has 1 aromatic rings. The van der Waals surface area contributed by atoms with Crippen LogP contribution in [0.25, 0.3) is 0 Å². The number of nitrogens with zero attached hydrogens (tertiary/aromatic N) is 2. The predicted molar refractivity (Wildman–Crippen MR) is 78.9 cm³/mol. The van der Waals surface area contributed by atoms with Gasteiger partial charge in [-0.2, -0.15) is 8.42 Å². The number of hydrogen-bond donors (Lipinski definition) is 1. The van der Waals surface area contributed by atoms with E-state index in [1.165, 1.54) is 12.2 Å². The minimum Gasteiger partial charge on any atom is -0.623 e. The van der Waals surface area contributed by atoms with Crippen molar-refractivity contribution in [2.45, 2.75) is 6.42 Å². The van der Waals surface area contributed by atoms with Gasteiger partial charge in [-0.3, -0.25) is 20.2 Å². The summed E-state index contributed by atoms with van der Waals surface area (Å²) in [4.78, 5) is 19.7. The third-order valence-electron chi connectivity index (χ3n) is 3.01. The fourth-order valence-electron chi connectivity index (χ4n) is 2.08. The van der Waals surface area contributed by atoms with Gasteiger partial charge in [0.25, 0.3) is 26.7 Å². The molecule has 23 heavy (non-hydrogen) atoms. The molecule has 0 saturated heterocycles. The number of hydroxylamine groups is 2. The Morgan fingerprint density at radius 3 is 2.09 bits per heavy atom. The molecular formula is C12H9N3O7S. The van der Waals surface area contributed by atoms with Crippen molar-refractivity contribution in [1.82, 2.24) is 0 Å². The molecule has 1 aliphatic rings. The van der Waals surface area contributed by atoms with Crippen molar-refractivity contribution in [1.29, 1.82) is 0 Å². The Balaban J connectivity index is 2.49. The highest BCUT2D eigenvalue weighted by Crippen LogP contribution is 2.24. The number of hydrogen-bond acceptors (Lipinski definition) is 7. The van der Waals surface area contributed by atoms with E-state index < -0.39 is 41.6 Å². The van der Waals surface area contributed by atoms with Crippen LogP contribution in [-0.2, 0) is 16.7 Å². The maximum absolute atomic E-state index is 11.6. The van der Waals surface area contributed by atoms with Gasteiger partial charge in [0.15, 0.2) is 0 Å². The number of nitrogens with one attached hydrogen (secondary N) is 1. The zero-order chi connectivity index (χ0) is 17.1. The quantitative estimate of drug-likeness (QED) is 0.348. The van der Waals surface area contributed by atoms with Crippen molar-refractivity contribution < 1.29 is 23.3 Å². The largest absolute Gasteiger partial charge is 0.623 e. The second-order valence-electron chi connectivity index (χ2n) is 4.53. The molecule has 11 heteroatoms. The topological polar surface area (TPSA) is 148 Å². The van der Waals surface area contributed by atoms with Crippen LogP contribution in [0.5, 0.6) is 0 Å². The van der Waals surface area contributed by atoms with E-state index in [0.29, 0.717) is 0 Å². The molecule has 0 radical (unpaired) electrons. The van der Waals surface area contributed by atoms with Gasteiger partial charge in [-0.05, 0) is 17.7 Å². The average Bonchev–Trinajstić information content (AvgIpc) is 2.46. The van der Waals surface area contributed by atoms with Crippen molar-refractivity contribution in [3.05, 3.63) is 73.1 Å². The molecule has 120 valence electrons. The molecule has 1 N–H and O–H groups in total. The summed E-state index contributed by atoms with van der Waals surface area (Å²) in [7, 11) is -2.78. The molecule has 0 spiro atoms. The molecule has 0 aromatic heterocycles.